The molecule has 1 aliphatic carbocycles. The Kier molecular flexibility index (Phi) is 11.2. The maximum atomic E-state index is 13.6. The first-order valence-corrected chi connectivity index (χ1v) is 13.9. The number of amides is 2. The smallest absolute Gasteiger partial charge is 0.305 e. The molecule has 3 N–H and O–H groups in total. The Morgan fingerprint density at radius 1 is 1.00 bits per heavy atom. The van der Waals surface area contributed by atoms with Gasteiger partial charge in [0.2, 0.25) is 23.0 Å². The molecule has 2 amide bonds. The molecule has 0 spiro atoms. The molecule has 0 radical (unpaired) electrons. The summed E-state index contributed by atoms with van der Waals surface area (Å²) < 4.78 is 21.7. The molecular weight excluding hydrogens is 542 g/mol. The first-order valence-electron chi connectivity index (χ1n) is 13.9. The number of esters is 1. The van der Waals surface area contributed by atoms with Crippen LogP contribution in [0.2, 0.25) is 0 Å². The highest BCUT2D eigenvalue weighted by atomic mass is 16.5. The minimum atomic E-state index is -0.713. The Morgan fingerprint density at radius 2 is 1.71 bits per heavy atom. The van der Waals surface area contributed by atoms with Crippen molar-refractivity contribution in [2.24, 2.45) is 5.92 Å². The summed E-state index contributed by atoms with van der Waals surface area (Å²) in [4.78, 5) is 50.3. The van der Waals surface area contributed by atoms with Crippen LogP contribution in [-0.4, -0.2) is 58.8 Å². The van der Waals surface area contributed by atoms with Gasteiger partial charge in [0.1, 0.15) is 6.04 Å². The van der Waals surface area contributed by atoms with Crippen LogP contribution in [0.3, 0.4) is 0 Å². The van der Waals surface area contributed by atoms with Crippen LogP contribution in [0.5, 0.6) is 17.2 Å². The summed E-state index contributed by atoms with van der Waals surface area (Å²) in [6, 6.07) is 5.69. The fraction of sp³-hybridized carbons (Fsp3) is 0.484. The number of carbonyl (C=O) groups is 3. The number of hydrogen-bond donors (Lipinski definition) is 3. The van der Waals surface area contributed by atoms with Crippen molar-refractivity contribution in [3.05, 3.63) is 45.6 Å². The summed E-state index contributed by atoms with van der Waals surface area (Å²) in [5.41, 5.74) is 2.87. The molecule has 0 aliphatic heterocycles. The van der Waals surface area contributed by atoms with Crippen LogP contribution >= 0.6 is 0 Å². The van der Waals surface area contributed by atoms with Gasteiger partial charge in [-0.05, 0) is 60.1 Å². The first kappa shape index (κ1) is 32.2. The third kappa shape index (κ3) is 7.32. The monoisotopic (exact) mass is 583 g/mol. The summed E-state index contributed by atoms with van der Waals surface area (Å²) in [7, 11) is 5.94. The number of anilines is 1. The van der Waals surface area contributed by atoms with Gasteiger partial charge in [0.25, 0.3) is 0 Å². The second kappa shape index (κ2) is 14.6. The summed E-state index contributed by atoms with van der Waals surface area (Å²) >= 11 is 0. The number of methoxy groups -OCH3 is 4. The molecule has 228 valence electrons. The zero-order chi connectivity index (χ0) is 31.0. The number of carbonyl (C=O) groups excluding carboxylic acids is 3. The molecule has 0 heterocycles. The predicted molar refractivity (Wildman–Crippen MR) is 159 cm³/mol. The molecule has 2 aromatic rings. The Hall–Kier alpha value is -4.28. The van der Waals surface area contributed by atoms with Crippen molar-refractivity contribution in [2.75, 3.05) is 40.3 Å². The molecule has 0 bridgehead atoms. The van der Waals surface area contributed by atoms with Gasteiger partial charge in [-0.2, -0.15) is 0 Å². The maximum absolute atomic E-state index is 13.6. The van der Waals surface area contributed by atoms with Gasteiger partial charge < -0.3 is 34.9 Å². The van der Waals surface area contributed by atoms with Crippen LogP contribution in [0.15, 0.2) is 29.1 Å². The molecule has 11 nitrogen and oxygen atoms in total. The van der Waals surface area contributed by atoms with E-state index in [0.29, 0.717) is 54.2 Å². The topological polar surface area (TPSA) is 141 Å². The lowest BCUT2D eigenvalue weighted by atomic mass is 9.95. The summed E-state index contributed by atoms with van der Waals surface area (Å²) in [5, 5.41) is 8.96. The molecule has 2 atom stereocenters. The number of hydrogen-bond acceptors (Lipinski definition) is 9. The van der Waals surface area contributed by atoms with Crippen LogP contribution in [0.25, 0.3) is 11.1 Å². The fourth-order valence-corrected chi connectivity index (χ4v) is 5.19. The highest BCUT2D eigenvalue weighted by Gasteiger charge is 2.30. The lowest BCUT2D eigenvalue weighted by Gasteiger charge is -2.22. The zero-order valence-corrected chi connectivity index (χ0v) is 25.3. The molecule has 0 aromatic heterocycles. The van der Waals surface area contributed by atoms with Gasteiger partial charge in [-0.3, -0.25) is 19.2 Å². The van der Waals surface area contributed by atoms with Crippen LogP contribution in [-0.2, 0) is 25.5 Å². The van der Waals surface area contributed by atoms with E-state index < -0.39 is 12.1 Å². The molecule has 1 aliphatic rings. The van der Waals surface area contributed by atoms with Gasteiger partial charge in [-0.25, -0.2) is 0 Å². The van der Waals surface area contributed by atoms with Crippen LogP contribution in [0.1, 0.15) is 57.2 Å². The highest BCUT2D eigenvalue weighted by Crippen LogP contribution is 2.50. The molecule has 0 unspecified atom stereocenters. The molecule has 42 heavy (non-hydrogen) atoms. The third-order valence-electron chi connectivity index (χ3n) is 7.26. The fourth-order valence-electron chi connectivity index (χ4n) is 5.19. The third-order valence-corrected chi connectivity index (χ3v) is 7.26. The van der Waals surface area contributed by atoms with E-state index in [4.69, 9.17) is 14.2 Å². The van der Waals surface area contributed by atoms with Gasteiger partial charge in [0, 0.05) is 25.5 Å². The maximum Gasteiger partial charge on any atom is 0.305 e. The van der Waals surface area contributed by atoms with Gasteiger partial charge in [-0.1, -0.05) is 19.9 Å². The van der Waals surface area contributed by atoms with Gasteiger partial charge in [0.15, 0.2) is 11.5 Å². The van der Waals surface area contributed by atoms with Crippen LogP contribution in [0.4, 0.5) is 5.69 Å². The van der Waals surface area contributed by atoms with Crippen molar-refractivity contribution in [2.45, 2.75) is 58.5 Å². The SMILES string of the molecule is COC(=O)CCCNC(=O)[C@H](Nc1ccc2c(cc1=O)[C@H](NC(C)=O)CCc1cc(OC)c(OC)c(OC)c1-2)C(C)C. The zero-order valence-electron chi connectivity index (χ0n) is 25.3. The van der Waals surface area contributed by atoms with E-state index in [1.165, 1.54) is 27.2 Å². The van der Waals surface area contributed by atoms with E-state index in [1.807, 2.05) is 19.9 Å². The average Bonchev–Trinajstić information content (AvgIpc) is 3.20. The number of benzene rings is 1. The van der Waals surface area contributed by atoms with E-state index in [9.17, 15) is 19.2 Å². The second-order valence-electron chi connectivity index (χ2n) is 10.4. The Labute approximate surface area is 246 Å². The Morgan fingerprint density at radius 3 is 2.31 bits per heavy atom. The van der Waals surface area contributed by atoms with Crippen molar-refractivity contribution in [3.63, 3.8) is 0 Å². The largest absolute Gasteiger partial charge is 0.493 e. The Balaban J connectivity index is 2.10. The van der Waals surface area contributed by atoms with Crippen LogP contribution in [0, 0.1) is 5.92 Å². The standard InChI is InChI=1S/C31H41N3O8/c1-17(2)28(31(38)32-14-8-9-26(37)40-5)34-23-13-11-20-21(16-24(23)36)22(33-18(3)35)12-10-19-15-25(39-4)29(41-6)30(42-7)27(19)20/h11,13,15-17,22,28H,8-10,12,14H2,1-7H3,(H,32,38)(H,33,35)(H,34,36)/t22-,28-/m1/s1. The van der Waals surface area contributed by atoms with Gasteiger partial charge in [0.05, 0.1) is 40.2 Å². The van der Waals surface area contributed by atoms with E-state index in [-0.39, 0.29) is 41.2 Å². The molecule has 0 fully saturated rings. The van der Waals surface area contributed by atoms with E-state index >= 15 is 0 Å². The minimum absolute atomic E-state index is 0.155. The number of ether oxygens (including phenoxy) is 4. The molecule has 0 saturated carbocycles. The number of fused-ring (bicyclic) bond motifs is 3. The van der Waals surface area contributed by atoms with Crippen molar-refractivity contribution < 1.29 is 33.3 Å². The minimum Gasteiger partial charge on any atom is -0.493 e. The lowest BCUT2D eigenvalue weighted by Crippen LogP contribution is -2.44. The quantitative estimate of drug-likeness (QED) is 0.253. The lowest BCUT2D eigenvalue weighted by molar-refractivity contribution is -0.140. The van der Waals surface area contributed by atoms with Crippen molar-refractivity contribution >= 4 is 23.5 Å². The number of nitrogens with one attached hydrogen (secondary N) is 3. The molecular formula is C31H41N3O8. The van der Waals surface area contributed by atoms with E-state index in [1.54, 1.807) is 26.4 Å². The second-order valence-corrected chi connectivity index (χ2v) is 10.4. The first-order chi connectivity index (χ1) is 20.1. The van der Waals surface area contributed by atoms with Gasteiger partial charge in [-0.15, -0.1) is 0 Å². The number of rotatable bonds is 12. The average molecular weight is 584 g/mol. The molecule has 11 heteroatoms. The van der Waals surface area contributed by atoms with Crippen molar-refractivity contribution in [1.82, 2.24) is 10.6 Å². The van der Waals surface area contributed by atoms with E-state index in [0.717, 1.165) is 11.1 Å². The van der Waals surface area contributed by atoms with Gasteiger partial charge >= 0.3 is 5.97 Å². The highest BCUT2D eigenvalue weighted by molar-refractivity contribution is 5.86. The molecule has 0 saturated heterocycles. The van der Waals surface area contributed by atoms with Crippen molar-refractivity contribution in [3.8, 4) is 28.4 Å². The summed E-state index contributed by atoms with van der Waals surface area (Å²) in [6.45, 7) is 5.49. The summed E-state index contributed by atoms with van der Waals surface area (Å²) in [5.74, 6) is 0.370. The molecule has 2 aromatic carbocycles. The van der Waals surface area contributed by atoms with Crippen molar-refractivity contribution in [1.29, 1.82) is 0 Å². The Bertz CT molecular complexity index is 1370. The van der Waals surface area contributed by atoms with E-state index in [2.05, 4.69) is 20.7 Å². The predicted octanol–water partition coefficient (Wildman–Crippen LogP) is 3.37. The number of aryl methyl sites for hydroxylation is 1. The van der Waals surface area contributed by atoms with Crippen LogP contribution < -0.4 is 35.6 Å². The summed E-state index contributed by atoms with van der Waals surface area (Å²) in [6.07, 6.45) is 1.74. The molecule has 3 rings (SSSR count). The normalized spacial score (nSPS) is 14.4.